The molecule has 3 N–H and O–H groups in total. The number of nitrogens with one attached hydrogen (secondary N) is 1. The molecular weight excluding hydrogens is 374 g/mol. The molecule has 0 fully saturated rings. The van der Waals surface area contributed by atoms with Crippen molar-refractivity contribution in [2.75, 3.05) is 5.32 Å². The second kappa shape index (κ2) is 7.05. The van der Waals surface area contributed by atoms with Gasteiger partial charge in [0.05, 0.1) is 12.0 Å². The number of fused-ring (bicyclic) bond motifs is 2. The Balaban J connectivity index is 1.59. The number of aryl methyl sites for hydroxylation is 2. The zero-order valence-corrected chi connectivity index (χ0v) is 17.0. The third kappa shape index (κ3) is 3.30. The summed E-state index contributed by atoms with van der Waals surface area (Å²) in [5, 5.41) is 8.35. The van der Waals surface area contributed by atoms with Crippen LogP contribution in [0.1, 0.15) is 51.0 Å². The van der Waals surface area contributed by atoms with Crippen molar-refractivity contribution in [3.8, 4) is 0 Å². The molecule has 6 nitrogen and oxygen atoms in total. The predicted octanol–water partition coefficient (Wildman–Crippen LogP) is 3.91. The number of anilines is 1. The molecule has 1 aromatic carbocycles. The maximum Gasteiger partial charge on any atom is 0.251 e. The van der Waals surface area contributed by atoms with E-state index in [1.165, 1.54) is 11.3 Å². The molecule has 0 radical (unpaired) electrons. The molecule has 0 saturated heterocycles. The van der Waals surface area contributed by atoms with Crippen molar-refractivity contribution in [3.63, 3.8) is 0 Å². The Labute approximate surface area is 167 Å². The number of carbonyl (C=O) groups excluding carboxylic acids is 2. The normalized spacial score (nSPS) is 16.2. The molecule has 1 atom stereocenters. The smallest absolute Gasteiger partial charge is 0.251 e. The molecule has 0 bridgehead atoms. The van der Waals surface area contributed by atoms with Gasteiger partial charge in [0.15, 0.2) is 5.58 Å². The summed E-state index contributed by atoms with van der Waals surface area (Å²) in [5.41, 5.74) is 10.6. The Bertz CT molecular complexity index is 1100. The minimum absolute atomic E-state index is 0.0761. The number of hydrogen-bond donors (Lipinski definition) is 2. The predicted molar refractivity (Wildman–Crippen MR) is 110 cm³/mol. The monoisotopic (exact) mass is 397 g/mol. The van der Waals surface area contributed by atoms with E-state index in [2.05, 4.69) is 17.4 Å². The van der Waals surface area contributed by atoms with Gasteiger partial charge in [-0.1, -0.05) is 12.1 Å². The van der Waals surface area contributed by atoms with Crippen LogP contribution >= 0.6 is 11.3 Å². The van der Waals surface area contributed by atoms with Gasteiger partial charge in [-0.25, -0.2) is 0 Å². The number of rotatable bonds is 4. The summed E-state index contributed by atoms with van der Waals surface area (Å²) in [6, 6.07) is 3.92. The number of primary amides is 1. The van der Waals surface area contributed by atoms with Crippen LogP contribution in [0, 0.1) is 19.8 Å². The minimum Gasteiger partial charge on any atom is -0.365 e. The van der Waals surface area contributed by atoms with Crippen molar-refractivity contribution >= 4 is 39.1 Å². The number of carbonyl (C=O) groups is 2. The highest BCUT2D eigenvalue weighted by Crippen LogP contribution is 2.39. The van der Waals surface area contributed by atoms with Crippen LogP contribution in [0.4, 0.5) is 5.00 Å². The summed E-state index contributed by atoms with van der Waals surface area (Å²) in [6.07, 6.45) is 2.85. The van der Waals surface area contributed by atoms with Crippen LogP contribution in [-0.2, 0) is 24.1 Å². The fourth-order valence-corrected chi connectivity index (χ4v) is 5.23. The highest BCUT2D eigenvalue weighted by molar-refractivity contribution is 7.17. The fourth-order valence-electron chi connectivity index (χ4n) is 3.79. The van der Waals surface area contributed by atoms with Gasteiger partial charge in [-0.2, -0.15) is 0 Å². The van der Waals surface area contributed by atoms with E-state index < -0.39 is 5.91 Å². The lowest BCUT2D eigenvalue weighted by atomic mass is 9.88. The van der Waals surface area contributed by atoms with Crippen LogP contribution in [0.15, 0.2) is 16.7 Å². The first-order valence-corrected chi connectivity index (χ1v) is 10.2. The number of thiophene rings is 1. The zero-order valence-electron chi connectivity index (χ0n) is 16.2. The number of benzene rings is 1. The number of nitrogens with zero attached hydrogens (tertiary/aromatic N) is 1. The third-order valence-electron chi connectivity index (χ3n) is 5.50. The number of aromatic nitrogens is 1. The maximum atomic E-state index is 12.7. The first-order valence-electron chi connectivity index (χ1n) is 9.43. The lowest BCUT2D eigenvalue weighted by Gasteiger charge is -2.18. The Morgan fingerprint density at radius 3 is 2.82 bits per heavy atom. The molecule has 0 saturated carbocycles. The number of hydrogen-bond acceptors (Lipinski definition) is 5. The molecule has 7 heteroatoms. The van der Waals surface area contributed by atoms with Gasteiger partial charge in [0.2, 0.25) is 5.91 Å². The van der Waals surface area contributed by atoms with Gasteiger partial charge in [-0.3, -0.25) is 9.59 Å². The van der Waals surface area contributed by atoms with E-state index in [0.717, 1.165) is 46.2 Å². The average Bonchev–Trinajstić information content (AvgIpc) is 3.16. The van der Waals surface area contributed by atoms with Crippen molar-refractivity contribution in [3.05, 3.63) is 45.0 Å². The molecule has 0 aliphatic heterocycles. The molecule has 1 aliphatic carbocycles. The molecular formula is C21H23N3O3S. The van der Waals surface area contributed by atoms with E-state index in [-0.39, 0.29) is 12.3 Å². The summed E-state index contributed by atoms with van der Waals surface area (Å²) >= 11 is 1.47. The van der Waals surface area contributed by atoms with Crippen LogP contribution in [0.25, 0.3) is 11.0 Å². The number of nitrogens with two attached hydrogens (primary N) is 1. The first kappa shape index (κ1) is 18.7. The van der Waals surface area contributed by atoms with E-state index in [1.807, 2.05) is 26.0 Å². The van der Waals surface area contributed by atoms with Crippen LogP contribution in [0.5, 0.6) is 0 Å². The maximum absolute atomic E-state index is 12.7. The van der Waals surface area contributed by atoms with Gasteiger partial charge in [-0.05, 0) is 67.9 Å². The standard InChI is InChI=1S/C21H23N3O3S/c1-10-4-5-13-17(6-10)28-21(19(13)20(22)26)23-18(25)9-15-14-7-11(2)12(3)8-16(14)27-24-15/h7-8,10H,4-6,9H2,1-3H3,(H2,22,26)(H,23,25). The first-order chi connectivity index (χ1) is 13.3. The SMILES string of the molecule is Cc1cc2onc(CC(=O)Nc3sc4c(c3C(N)=O)CCC(C)C4)c2cc1C. The van der Waals surface area contributed by atoms with Gasteiger partial charge in [0.25, 0.3) is 5.91 Å². The van der Waals surface area contributed by atoms with Gasteiger partial charge in [0, 0.05) is 10.3 Å². The van der Waals surface area contributed by atoms with Crippen LogP contribution < -0.4 is 11.1 Å². The largest absolute Gasteiger partial charge is 0.365 e. The Hall–Kier alpha value is -2.67. The second-order valence-electron chi connectivity index (χ2n) is 7.71. The van der Waals surface area contributed by atoms with Crippen molar-refractivity contribution in [1.82, 2.24) is 5.16 Å². The number of amides is 2. The van der Waals surface area contributed by atoms with Crippen molar-refractivity contribution in [1.29, 1.82) is 0 Å². The van der Waals surface area contributed by atoms with E-state index in [0.29, 0.717) is 27.8 Å². The molecule has 1 unspecified atom stereocenters. The van der Waals surface area contributed by atoms with E-state index in [9.17, 15) is 9.59 Å². The van der Waals surface area contributed by atoms with Crippen molar-refractivity contribution < 1.29 is 14.1 Å². The lowest BCUT2D eigenvalue weighted by Crippen LogP contribution is -2.20. The quantitative estimate of drug-likeness (QED) is 0.697. The van der Waals surface area contributed by atoms with Gasteiger partial charge in [0.1, 0.15) is 10.7 Å². The molecule has 2 heterocycles. The Morgan fingerprint density at radius 1 is 1.32 bits per heavy atom. The molecule has 2 amide bonds. The van der Waals surface area contributed by atoms with Gasteiger partial charge in [-0.15, -0.1) is 11.3 Å². The average molecular weight is 398 g/mol. The van der Waals surface area contributed by atoms with Crippen molar-refractivity contribution in [2.24, 2.45) is 11.7 Å². The second-order valence-corrected chi connectivity index (χ2v) is 8.81. The summed E-state index contributed by atoms with van der Waals surface area (Å²) < 4.78 is 5.37. The fraction of sp³-hybridized carbons (Fsp3) is 0.381. The molecule has 3 aromatic rings. The molecule has 2 aromatic heterocycles. The highest BCUT2D eigenvalue weighted by atomic mass is 32.1. The Kier molecular flexibility index (Phi) is 4.71. The van der Waals surface area contributed by atoms with Crippen molar-refractivity contribution in [2.45, 2.75) is 46.5 Å². The molecule has 28 heavy (non-hydrogen) atoms. The lowest BCUT2D eigenvalue weighted by molar-refractivity contribution is -0.115. The summed E-state index contributed by atoms with van der Waals surface area (Å²) in [4.78, 5) is 25.9. The minimum atomic E-state index is -0.486. The topological polar surface area (TPSA) is 98.2 Å². The summed E-state index contributed by atoms with van der Waals surface area (Å²) in [6.45, 7) is 6.22. The molecule has 1 aliphatic rings. The van der Waals surface area contributed by atoms with Crippen LogP contribution in [0.3, 0.4) is 0 Å². The highest BCUT2D eigenvalue weighted by Gasteiger charge is 2.27. The van der Waals surface area contributed by atoms with E-state index >= 15 is 0 Å². The van der Waals surface area contributed by atoms with Crippen LogP contribution in [0.2, 0.25) is 0 Å². The van der Waals surface area contributed by atoms with E-state index in [4.69, 9.17) is 10.3 Å². The summed E-state index contributed by atoms with van der Waals surface area (Å²) in [5.74, 6) is -0.147. The van der Waals surface area contributed by atoms with Crippen LogP contribution in [-0.4, -0.2) is 17.0 Å². The summed E-state index contributed by atoms with van der Waals surface area (Å²) in [7, 11) is 0. The van der Waals surface area contributed by atoms with Gasteiger partial charge >= 0.3 is 0 Å². The zero-order chi connectivity index (χ0) is 20.0. The Morgan fingerprint density at radius 2 is 2.07 bits per heavy atom. The molecule has 4 rings (SSSR count). The molecule has 0 spiro atoms. The van der Waals surface area contributed by atoms with Gasteiger partial charge < -0.3 is 15.6 Å². The van der Waals surface area contributed by atoms with E-state index in [1.54, 1.807) is 0 Å². The molecule has 146 valence electrons. The third-order valence-corrected chi connectivity index (χ3v) is 6.67.